The minimum absolute atomic E-state index is 0.513. The van der Waals surface area contributed by atoms with Crippen LogP contribution in [0.3, 0.4) is 0 Å². The van der Waals surface area contributed by atoms with Gasteiger partial charge < -0.3 is 15.5 Å². The van der Waals surface area contributed by atoms with Gasteiger partial charge in [-0.25, -0.2) is 0 Å². The van der Waals surface area contributed by atoms with E-state index >= 15 is 0 Å². The largest absolute Gasteiger partial charge is 0.363 e. The Morgan fingerprint density at radius 3 is 2.65 bits per heavy atom. The molecule has 23 heavy (non-hydrogen) atoms. The molecule has 2 N–H and O–H groups in total. The first-order chi connectivity index (χ1) is 11.3. The fourth-order valence-electron chi connectivity index (χ4n) is 2.84. The number of rotatable bonds is 5. The van der Waals surface area contributed by atoms with Crippen molar-refractivity contribution < 1.29 is 0 Å². The first-order valence-corrected chi connectivity index (χ1v) is 9.89. The van der Waals surface area contributed by atoms with E-state index < -0.39 is 0 Å². The summed E-state index contributed by atoms with van der Waals surface area (Å²) in [5, 5.41) is 12.7. The number of piperidine rings is 1. The van der Waals surface area contributed by atoms with E-state index in [1.165, 1.54) is 9.88 Å². The zero-order valence-electron chi connectivity index (χ0n) is 13.5. The smallest absolute Gasteiger partial charge is 0.191 e. The summed E-state index contributed by atoms with van der Waals surface area (Å²) in [6.45, 7) is 3.16. The summed E-state index contributed by atoms with van der Waals surface area (Å²) < 4.78 is 0. The zero-order valence-corrected chi connectivity index (χ0v) is 15.1. The standard InChI is InChI=1S/C17H24N4S2/c1-18-17(19-9-6-15-4-2-12-22-15)20-14-7-10-21(11-8-14)16-5-3-13-23-16/h2-5,12-14H,6-11H2,1H3,(H2,18,19,20). The Hall–Kier alpha value is -1.53. The average molecular weight is 349 g/mol. The molecule has 2 aromatic heterocycles. The molecule has 0 atom stereocenters. The van der Waals surface area contributed by atoms with Crippen LogP contribution in [0.15, 0.2) is 40.0 Å². The monoisotopic (exact) mass is 348 g/mol. The van der Waals surface area contributed by atoms with E-state index in [4.69, 9.17) is 0 Å². The molecule has 3 rings (SSSR count). The van der Waals surface area contributed by atoms with Gasteiger partial charge in [0, 0.05) is 37.6 Å². The second-order valence-electron chi connectivity index (χ2n) is 5.69. The van der Waals surface area contributed by atoms with E-state index in [-0.39, 0.29) is 0 Å². The number of nitrogens with zero attached hydrogens (tertiary/aromatic N) is 2. The minimum Gasteiger partial charge on any atom is -0.363 e. The second-order valence-corrected chi connectivity index (χ2v) is 7.64. The molecule has 0 unspecified atom stereocenters. The third-order valence-electron chi connectivity index (χ3n) is 4.12. The molecule has 0 aromatic carbocycles. The van der Waals surface area contributed by atoms with Crippen LogP contribution in [0, 0.1) is 0 Å². The number of thiophene rings is 2. The predicted octanol–water partition coefficient (Wildman–Crippen LogP) is 3.19. The van der Waals surface area contributed by atoms with Gasteiger partial charge in [-0.1, -0.05) is 6.07 Å². The van der Waals surface area contributed by atoms with Crippen molar-refractivity contribution in [2.75, 3.05) is 31.6 Å². The molecule has 0 spiro atoms. The molecular formula is C17H24N4S2. The van der Waals surface area contributed by atoms with Crippen LogP contribution >= 0.6 is 22.7 Å². The van der Waals surface area contributed by atoms with Crippen LogP contribution in [-0.2, 0) is 6.42 Å². The van der Waals surface area contributed by atoms with Gasteiger partial charge in [0.15, 0.2) is 5.96 Å². The maximum absolute atomic E-state index is 4.36. The summed E-state index contributed by atoms with van der Waals surface area (Å²) in [7, 11) is 1.85. The van der Waals surface area contributed by atoms with Gasteiger partial charge >= 0.3 is 0 Å². The van der Waals surface area contributed by atoms with Crippen LogP contribution in [0.25, 0.3) is 0 Å². The highest BCUT2D eigenvalue weighted by Gasteiger charge is 2.20. The number of hydrogen-bond donors (Lipinski definition) is 2. The maximum atomic E-state index is 4.36. The quantitative estimate of drug-likeness (QED) is 0.644. The fourth-order valence-corrected chi connectivity index (χ4v) is 4.34. The van der Waals surface area contributed by atoms with E-state index in [2.05, 4.69) is 55.6 Å². The maximum Gasteiger partial charge on any atom is 0.191 e. The third kappa shape index (κ3) is 4.72. The minimum atomic E-state index is 0.513. The molecule has 4 nitrogen and oxygen atoms in total. The molecule has 2 aromatic rings. The van der Waals surface area contributed by atoms with Gasteiger partial charge in [-0.15, -0.1) is 22.7 Å². The van der Waals surface area contributed by atoms with Crippen LogP contribution in [-0.4, -0.2) is 38.7 Å². The van der Waals surface area contributed by atoms with Crippen molar-refractivity contribution >= 4 is 33.6 Å². The lowest BCUT2D eigenvalue weighted by molar-refractivity contribution is 0.463. The van der Waals surface area contributed by atoms with Crippen molar-refractivity contribution in [3.8, 4) is 0 Å². The molecule has 6 heteroatoms. The summed E-state index contributed by atoms with van der Waals surface area (Å²) in [5.41, 5.74) is 0. The van der Waals surface area contributed by atoms with Crippen molar-refractivity contribution in [1.82, 2.24) is 10.6 Å². The van der Waals surface area contributed by atoms with Crippen molar-refractivity contribution in [1.29, 1.82) is 0 Å². The highest BCUT2D eigenvalue weighted by molar-refractivity contribution is 7.14. The van der Waals surface area contributed by atoms with Crippen molar-refractivity contribution in [3.05, 3.63) is 39.9 Å². The first-order valence-electron chi connectivity index (χ1n) is 8.13. The number of guanidine groups is 1. The molecule has 1 aliphatic heterocycles. The van der Waals surface area contributed by atoms with Crippen LogP contribution in [0.4, 0.5) is 5.00 Å². The molecule has 1 fully saturated rings. The molecule has 0 aliphatic carbocycles. The fraction of sp³-hybridized carbons (Fsp3) is 0.471. The van der Waals surface area contributed by atoms with Crippen molar-refractivity contribution in [2.45, 2.75) is 25.3 Å². The van der Waals surface area contributed by atoms with Crippen molar-refractivity contribution in [2.24, 2.45) is 4.99 Å². The molecule has 124 valence electrons. The van der Waals surface area contributed by atoms with Crippen LogP contribution in [0.2, 0.25) is 0 Å². The summed E-state index contributed by atoms with van der Waals surface area (Å²) in [5.74, 6) is 0.927. The highest BCUT2D eigenvalue weighted by atomic mass is 32.1. The highest BCUT2D eigenvalue weighted by Crippen LogP contribution is 2.24. The SMILES string of the molecule is CN=C(NCCc1cccs1)NC1CCN(c2cccs2)CC1. The Kier molecular flexibility index (Phi) is 5.93. The Bertz CT molecular complexity index is 584. The lowest BCUT2D eigenvalue weighted by atomic mass is 10.1. The molecule has 0 amide bonds. The number of nitrogens with one attached hydrogen (secondary N) is 2. The second kappa shape index (κ2) is 8.36. The van der Waals surface area contributed by atoms with Gasteiger partial charge in [0.1, 0.15) is 0 Å². The molecular weight excluding hydrogens is 324 g/mol. The van der Waals surface area contributed by atoms with Gasteiger partial charge in [0.2, 0.25) is 0 Å². The van der Waals surface area contributed by atoms with E-state index in [0.717, 1.165) is 44.9 Å². The van der Waals surface area contributed by atoms with Gasteiger partial charge in [0.25, 0.3) is 0 Å². The lowest BCUT2D eigenvalue weighted by Gasteiger charge is -2.33. The molecule has 0 bridgehead atoms. The summed E-state index contributed by atoms with van der Waals surface area (Å²) in [4.78, 5) is 8.25. The van der Waals surface area contributed by atoms with Gasteiger partial charge in [-0.2, -0.15) is 0 Å². The molecule has 1 saturated heterocycles. The number of aliphatic imine (C=N–C) groups is 1. The number of hydrogen-bond acceptors (Lipinski definition) is 4. The Labute approximate surface area is 146 Å². The molecule has 1 aliphatic rings. The average Bonchev–Trinajstić information content (AvgIpc) is 3.28. The first kappa shape index (κ1) is 16.3. The zero-order chi connectivity index (χ0) is 15.9. The Morgan fingerprint density at radius 2 is 2.00 bits per heavy atom. The van der Waals surface area contributed by atoms with E-state index in [9.17, 15) is 0 Å². The van der Waals surface area contributed by atoms with E-state index in [1.807, 2.05) is 29.7 Å². The predicted molar refractivity (Wildman–Crippen MR) is 102 cm³/mol. The Morgan fingerprint density at radius 1 is 1.22 bits per heavy atom. The summed E-state index contributed by atoms with van der Waals surface area (Å²) >= 11 is 3.64. The summed E-state index contributed by atoms with van der Waals surface area (Å²) in [6, 6.07) is 9.14. The van der Waals surface area contributed by atoms with Gasteiger partial charge in [-0.05, 0) is 48.2 Å². The summed E-state index contributed by atoms with van der Waals surface area (Å²) in [6.07, 6.45) is 3.36. The van der Waals surface area contributed by atoms with E-state index in [1.54, 1.807) is 0 Å². The van der Waals surface area contributed by atoms with Crippen LogP contribution < -0.4 is 15.5 Å². The molecule has 3 heterocycles. The number of anilines is 1. The Balaban J connectivity index is 1.39. The molecule has 0 saturated carbocycles. The third-order valence-corrected chi connectivity index (χ3v) is 5.99. The van der Waals surface area contributed by atoms with Crippen molar-refractivity contribution in [3.63, 3.8) is 0 Å². The van der Waals surface area contributed by atoms with Gasteiger partial charge in [0.05, 0.1) is 5.00 Å². The normalized spacial score (nSPS) is 16.6. The topological polar surface area (TPSA) is 39.7 Å². The molecule has 0 radical (unpaired) electrons. The van der Waals surface area contributed by atoms with Crippen LogP contribution in [0.5, 0.6) is 0 Å². The van der Waals surface area contributed by atoms with Gasteiger partial charge in [-0.3, -0.25) is 4.99 Å². The van der Waals surface area contributed by atoms with E-state index in [0.29, 0.717) is 6.04 Å². The lowest BCUT2D eigenvalue weighted by Crippen LogP contribution is -2.49. The van der Waals surface area contributed by atoms with Crippen LogP contribution in [0.1, 0.15) is 17.7 Å².